The number of para-hydroxylation sites is 2. The van der Waals surface area contributed by atoms with Gasteiger partial charge in [-0.3, -0.25) is 9.59 Å². The monoisotopic (exact) mass is 320 g/mol. The van der Waals surface area contributed by atoms with E-state index in [1.165, 1.54) is 0 Å². The number of hydrogen-bond donors (Lipinski definition) is 1. The predicted octanol–water partition coefficient (Wildman–Crippen LogP) is 1.91. The summed E-state index contributed by atoms with van der Waals surface area (Å²) in [4.78, 5) is 25.8. The van der Waals surface area contributed by atoms with Crippen molar-refractivity contribution in [2.24, 2.45) is 5.92 Å². The van der Waals surface area contributed by atoms with Crippen LogP contribution in [0.25, 0.3) is 0 Å². The zero-order chi connectivity index (χ0) is 16.7. The Morgan fingerprint density at radius 3 is 2.61 bits per heavy atom. The summed E-state index contributed by atoms with van der Waals surface area (Å²) in [6, 6.07) is 7.49. The van der Waals surface area contributed by atoms with Crippen LogP contribution in [0.1, 0.15) is 19.8 Å². The third kappa shape index (κ3) is 4.61. The SMILES string of the molecule is CCOC(=O)C1CCN(C(=O)CNc2ccccc2OC)CC1. The first-order valence-electron chi connectivity index (χ1n) is 7.97. The van der Waals surface area contributed by atoms with E-state index in [4.69, 9.17) is 9.47 Å². The molecule has 1 aliphatic heterocycles. The molecule has 6 heteroatoms. The van der Waals surface area contributed by atoms with Crippen molar-refractivity contribution in [1.82, 2.24) is 4.90 Å². The molecule has 1 aromatic carbocycles. The van der Waals surface area contributed by atoms with E-state index in [0.29, 0.717) is 38.3 Å². The maximum absolute atomic E-state index is 12.3. The molecule has 126 valence electrons. The third-order valence-electron chi connectivity index (χ3n) is 4.00. The minimum absolute atomic E-state index is 0.0261. The van der Waals surface area contributed by atoms with Crippen LogP contribution < -0.4 is 10.1 Å². The number of carbonyl (C=O) groups is 2. The number of likely N-dealkylation sites (tertiary alicyclic amines) is 1. The Morgan fingerprint density at radius 2 is 1.96 bits per heavy atom. The highest BCUT2D eigenvalue weighted by molar-refractivity contribution is 5.82. The maximum Gasteiger partial charge on any atom is 0.309 e. The number of esters is 1. The van der Waals surface area contributed by atoms with Crippen molar-refractivity contribution in [3.05, 3.63) is 24.3 Å². The molecule has 0 saturated carbocycles. The fourth-order valence-electron chi connectivity index (χ4n) is 2.70. The Bertz CT molecular complexity index is 539. The van der Waals surface area contributed by atoms with E-state index in [0.717, 1.165) is 5.69 Å². The molecule has 0 aliphatic carbocycles. The summed E-state index contributed by atoms with van der Waals surface area (Å²) in [6.07, 6.45) is 1.33. The normalized spacial score (nSPS) is 15.1. The average Bonchev–Trinajstić information content (AvgIpc) is 2.60. The molecular formula is C17H24N2O4. The number of rotatable bonds is 6. The van der Waals surface area contributed by atoms with Crippen molar-refractivity contribution < 1.29 is 19.1 Å². The molecule has 0 bridgehead atoms. The lowest BCUT2D eigenvalue weighted by molar-refractivity contribution is -0.151. The Morgan fingerprint density at radius 1 is 1.26 bits per heavy atom. The molecule has 2 rings (SSSR count). The molecule has 1 heterocycles. The van der Waals surface area contributed by atoms with Gasteiger partial charge in [0, 0.05) is 13.1 Å². The van der Waals surface area contributed by atoms with Gasteiger partial charge < -0.3 is 19.7 Å². The Balaban J connectivity index is 1.80. The van der Waals surface area contributed by atoms with E-state index < -0.39 is 0 Å². The molecule has 23 heavy (non-hydrogen) atoms. The summed E-state index contributed by atoms with van der Waals surface area (Å²) >= 11 is 0. The van der Waals surface area contributed by atoms with Crippen molar-refractivity contribution in [2.75, 3.05) is 38.7 Å². The predicted molar refractivity (Wildman–Crippen MR) is 87.4 cm³/mol. The highest BCUT2D eigenvalue weighted by Gasteiger charge is 2.27. The molecule has 0 spiro atoms. The lowest BCUT2D eigenvalue weighted by atomic mass is 9.97. The van der Waals surface area contributed by atoms with Gasteiger partial charge in [0.15, 0.2) is 0 Å². The Labute approximate surface area is 136 Å². The number of ether oxygens (including phenoxy) is 2. The molecule has 1 aromatic rings. The lowest BCUT2D eigenvalue weighted by Gasteiger charge is -2.31. The first-order valence-corrected chi connectivity index (χ1v) is 7.97. The van der Waals surface area contributed by atoms with Gasteiger partial charge in [0.05, 0.1) is 31.9 Å². The van der Waals surface area contributed by atoms with Crippen LogP contribution in [0.4, 0.5) is 5.69 Å². The number of hydrogen-bond acceptors (Lipinski definition) is 5. The summed E-state index contributed by atoms with van der Waals surface area (Å²) < 4.78 is 10.3. The summed E-state index contributed by atoms with van der Waals surface area (Å²) in [7, 11) is 1.60. The van der Waals surface area contributed by atoms with Gasteiger partial charge in [0.1, 0.15) is 5.75 Å². The minimum atomic E-state index is -0.147. The molecule has 1 saturated heterocycles. The molecule has 0 atom stereocenters. The van der Waals surface area contributed by atoms with Gasteiger partial charge in [-0.05, 0) is 31.9 Å². The van der Waals surface area contributed by atoms with Gasteiger partial charge in [-0.25, -0.2) is 0 Å². The Kier molecular flexibility index (Phi) is 6.26. The maximum atomic E-state index is 12.3. The standard InChI is InChI=1S/C17H24N2O4/c1-3-23-17(21)13-8-10-19(11-9-13)16(20)12-18-14-6-4-5-7-15(14)22-2/h4-7,13,18H,3,8-12H2,1-2H3. The van der Waals surface area contributed by atoms with Crippen LogP contribution >= 0.6 is 0 Å². The number of carbonyl (C=O) groups excluding carboxylic acids is 2. The first-order chi connectivity index (χ1) is 11.2. The average molecular weight is 320 g/mol. The number of nitrogens with zero attached hydrogens (tertiary/aromatic N) is 1. The van der Waals surface area contributed by atoms with E-state index in [1.54, 1.807) is 18.9 Å². The summed E-state index contributed by atoms with van der Waals surface area (Å²) in [5.74, 6) is 0.507. The molecule has 1 amide bonds. The fraction of sp³-hybridized carbons (Fsp3) is 0.529. The molecule has 1 fully saturated rings. The van der Waals surface area contributed by atoms with Crippen LogP contribution in [-0.2, 0) is 14.3 Å². The van der Waals surface area contributed by atoms with E-state index >= 15 is 0 Å². The van der Waals surface area contributed by atoms with Crippen molar-refractivity contribution >= 4 is 17.6 Å². The second-order valence-electron chi connectivity index (χ2n) is 5.46. The molecule has 0 aromatic heterocycles. The van der Waals surface area contributed by atoms with Crippen LogP contribution in [0.5, 0.6) is 5.75 Å². The summed E-state index contributed by atoms with van der Waals surface area (Å²) in [6.45, 7) is 3.61. The van der Waals surface area contributed by atoms with Crippen LogP contribution in [-0.4, -0.2) is 50.1 Å². The topological polar surface area (TPSA) is 67.9 Å². The van der Waals surface area contributed by atoms with Crippen LogP contribution in [0, 0.1) is 5.92 Å². The smallest absolute Gasteiger partial charge is 0.309 e. The molecule has 0 radical (unpaired) electrons. The van der Waals surface area contributed by atoms with E-state index in [9.17, 15) is 9.59 Å². The molecular weight excluding hydrogens is 296 g/mol. The van der Waals surface area contributed by atoms with Gasteiger partial charge in [-0.15, -0.1) is 0 Å². The van der Waals surface area contributed by atoms with E-state index in [1.807, 2.05) is 24.3 Å². The number of nitrogens with one attached hydrogen (secondary N) is 1. The number of benzene rings is 1. The number of piperidine rings is 1. The zero-order valence-electron chi connectivity index (χ0n) is 13.7. The second-order valence-corrected chi connectivity index (χ2v) is 5.46. The van der Waals surface area contributed by atoms with Gasteiger partial charge in [-0.2, -0.15) is 0 Å². The zero-order valence-corrected chi connectivity index (χ0v) is 13.7. The van der Waals surface area contributed by atoms with Gasteiger partial charge in [0.25, 0.3) is 0 Å². The van der Waals surface area contributed by atoms with Crippen LogP contribution in [0.3, 0.4) is 0 Å². The first kappa shape index (κ1) is 17.1. The third-order valence-corrected chi connectivity index (χ3v) is 4.00. The summed E-state index contributed by atoms with van der Waals surface area (Å²) in [5.41, 5.74) is 0.796. The van der Waals surface area contributed by atoms with Crippen molar-refractivity contribution in [3.8, 4) is 5.75 Å². The summed E-state index contributed by atoms with van der Waals surface area (Å²) in [5, 5.41) is 3.11. The molecule has 0 unspecified atom stereocenters. The highest BCUT2D eigenvalue weighted by atomic mass is 16.5. The molecule has 1 aliphatic rings. The number of amides is 1. The number of anilines is 1. The van der Waals surface area contributed by atoms with Gasteiger partial charge >= 0.3 is 5.97 Å². The van der Waals surface area contributed by atoms with Crippen LogP contribution in [0.2, 0.25) is 0 Å². The minimum Gasteiger partial charge on any atom is -0.495 e. The number of methoxy groups -OCH3 is 1. The van der Waals surface area contributed by atoms with E-state index in [2.05, 4.69) is 5.32 Å². The fourth-order valence-corrected chi connectivity index (χ4v) is 2.70. The molecule has 1 N–H and O–H groups in total. The van der Waals surface area contributed by atoms with Gasteiger partial charge in [-0.1, -0.05) is 12.1 Å². The quantitative estimate of drug-likeness (QED) is 0.811. The molecule has 6 nitrogen and oxygen atoms in total. The Hall–Kier alpha value is -2.24. The van der Waals surface area contributed by atoms with Gasteiger partial charge in [0.2, 0.25) is 5.91 Å². The van der Waals surface area contributed by atoms with E-state index in [-0.39, 0.29) is 24.3 Å². The van der Waals surface area contributed by atoms with Crippen molar-refractivity contribution in [1.29, 1.82) is 0 Å². The lowest BCUT2D eigenvalue weighted by Crippen LogP contribution is -2.43. The van der Waals surface area contributed by atoms with Crippen molar-refractivity contribution in [2.45, 2.75) is 19.8 Å². The highest BCUT2D eigenvalue weighted by Crippen LogP contribution is 2.23. The second kappa shape index (κ2) is 8.41. The van der Waals surface area contributed by atoms with Crippen LogP contribution in [0.15, 0.2) is 24.3 Å². The van der Waals surface area contributed by atoms with Crippen molar-refractivity contribution in [3.63, 3.8) is 0 Å². The largest absolute Gasteiger partial charge is 0.495 e.